The highest BCUT2D eigenvalue weighted by Crippen LogP contribution is 2.32. The molecule has 82 valence electrons. The number of pyridine rings is 1. The summed E-state index contributed by atoms with van der Waals surface area (Å²) >= 11 is 6.10. The maximum Gasteiger partial charge on any atom is 0.168 e. The molecule has 4 heteroatoms. The molecule has 3 nitrogen and oxygen atoms in total. The first-order valence-electron chi connectivity index (χ1n) is 4.76. The first-order chi connectivity index (χ1) is 7.67. The molecular weight excluding hydrogens is 226 g/mol. The van der Waals surface area contributed by atoms with Crippen LogP contribution in [0.25, 0.3) is 10.9 Å². The number of halogens is 1. The summed E-state index contributed by atoms with van der Waals surface area (Å²) < 4.78 is 5.20. The Morgan fingerprint density at radius 3 is 2.81 bits per heavy atom. The van der Waals surface area contributed by atoms with Gasteiger partial charge in [0.25, 0.3) is 0 Å². The van der Waals surface area contributed by atoms with Gasteiger partial charge in [-0.1, -0.05) is 11.6 Å². The van der Waals surface area contributed by atoms with Crippen molar-refractivity contribution < 1.29 is 9.53 Å². The second kappa shape index (κ2) is 4.10. The predicted octanol–water partition coefficient (Wildman–Crippen LogP) is 3.02. The first kappa shape index (κ1) is 10.9. The quantitative estimate of drug-likeness (QED) is 0.751. The Kier molecular flexibility index (Phi) is 2.79. The van der Waals surface area contributed by atoms with Gasteiger partial charge < -0.3 is 4.74 Å². The van der Waals surface area contributed by atoms with E-state index < -0.39 is 0 Å². The number of aldehydes is 1. The fraction of sp³-hybridized carbons (Fsp3) is 0.167. The molecule has 1 aromatic heterocycles. The number of benzene rings is 1. The van der Waals surface area contributed by atoms with Crippen LogP contribution in [0.15, 0.2) is 18.2 Å². The molecule has 0 spiro atoms. The van der Waals surface area contributed by atoms with Crippen molar-refractivity contribution in [3.8, 4) is 5.75 Å². The van der Waals surface area contributed by atoms with Crippen LogP contribution < -0.4 is 4.74 Å². The van der Waals surface area contributed by atoms with Crippen molar-refractivity contribution in [2.45, 2.75) is 6.92 Å². The van der Waals surface area contributed by atoms with E-state index in [1.165, 1.54) is 0 Å². The van der Waals surface area contributed by atoms with Crippen molar-refractivity contribution in [2.75, 3.05) is 7.11 Å². The summed E-state index contributed by atoms with van der Waals surface area (Å²) in [5.41, 5.74) is 1.92. The number of fused-ring (bicyclic) bond motifs is 1. The lowest BCUT2D eigenvalue weighted by Gasteiger charge is -2.09. The van der Waals surface area contributed by atoms with E-state index in [1.807, 2.05) is 6.92 Å². The Hall–Kier alpha value is -1.61. The van der Waals surface area contributed by atoms with Gasteiger partial charge in [-0.3, -0.25) is 4.79 Å². The van der Waals surface area contributed by atoms with Gasteiger partial charge in [0.15, 0.2) is 6.29 Å². The van der Waals surface area contributed by atoms with Crippen molar-refractivity contribution in [1.82, 2.24) is 4.98 Å². The number of rotatable bonds is 2. The Morgan fingerprint density at radius 2 is 2.19 bits per heavy atom. The number of aryl methyl sites for hydroxylation is 1. The van der Waals surface area contributed by atoms with Crippen LogP contribution in [0.4, 0.5) is 0 Å². The highest BCUT2D eigenvalue weighted by Gasteiger charge is 2.10. The number of hydrogen-bond acceptors (Lipinski definition) is 3. The second-order valence-corrected chi connectivity index (χ2v) is 3.86. The van der Waals surface area contributed by atoms with E-state index in [2.05, 4.69) is 4.98 Å². The second-order valence-electron chi connectivity index (χ2n) is 3.46. The van der Waals surface area contributed by atoms with Crippen LogP contribution in [0.3, 0.4) is 0 Å². The molecule has 0 bridgehead atoms. The van der Waals surface area contributed by atoms with Gasteiger partial charge in [-0.05, 0) is 30.7 Å². The molecular formula is C12H10ClNO2. The van der Waals surface area contributed by atoms with E-state index in [4.69, 9.17) is 16.3 Å². The zero-order valence-corrected chi connectivity index (χ0v) is 9.71. The fourth-order valence-electron chi connectivity index (χ4n) is 1.71. The van der Waals surface area contributed by atoms with Gasteiger partial charge in [-0.2, -0.15) is 0 Å². The molecule has 0 aliphatic carbocycles. The molecule has 0 fully saturated rings. The summed E-state index contributed by atoms with van der Waals surface area (Å²) in [6.07, 6.45) is 0.715. The van der Waals surface area contributed by atoms with E-state index >= 15 is 0 Å². The van der Waals surface area contributed by atoms with Crippen LogP contribution in [-0.4, -0.2) is 18.4 Å². The lowest BCUT2D eigenvalue weighted by Crippen LogP contribution is -1.94. The van der Waals surface area contributed by atoms with E-state index in [0.29, 0.717) is 28.3 Å². The Bertz CT molecular complexity index is 566. The Balaban J connectivity index is 2.92. The van der Waals surface area contributed by atoms with Crippen molar-refractivity contribution in [3.05, 3.63) is 34.5 Å². The smallest absolute Gasteiger partial charge is 0.168 e. The first-order valence-corrected chi connectivity index (χ1v) is 5.14. The number of methoxy groups -OCH3 is 1. The van der Waals surface area contributed by atoms with Crippen LogP contribution in [0.1, 0.15) is 16.1 Å². The normalized spacial score (nSPS) is 10.4. The topological polar surface area (TPSA) is 39.2 Å². The SMILES string of the molecule is COc1ccc(Cl)c2c(C)cc(C=O)nc12. The average molecular weight is 236 g/mol. The number of aromatic nitrogens is 1. The zero-order chi connectivity index (χ0) is 11.7. The molecule has 0 saturated heterocycles. The van der Waals surface area contributed by atoms with E-state index in [-0.39, 0.29) is 0 Å². The van der Waals surface area contributed by atoms with Crippen LogP contribution in [-0.2, 0) is 0 Å². The fourth-order valence-corrected chi connectivity index (χ4v) is 2.02. The standard InChI is InChI=1S/C12H10ClNO2/c1-7-5-8(6-15)14-12-10(16-2)4-3-9(13)11(7)12/h3-6H,1-2H3. The molecule has 0 unspecified atom stereocenters. The molecule has 0 radical (unpaired) electrons. The molecule has 16 heavy (non-hydrogen) atoms. The van der Waals surface area contributed by atoms with Gasteiger partial charge in [0.1, 0.15) is 17.0 Å². The maximum atomic E-state index is 10.8. The zero-order valence-electron chi connectivity index (χ0n) is 8.95. The lowest BCUT2D eigenvalue weighted by atomic mass is 10.1. The largest absolute Gasteiger partial charge is 0.494 e. The third kappa shape index (κ3) is 1.63. The molecule has 0 aliphatic heterocycles. The highest BCUT2D eigenvalue weighted by molar-refractivity contribution is 6.35. The average Bonchev–Trinajstić information content (AvgIpc) is 2.28. The Morgan fingerprint density at radius 1 is 1.44 bits per heavy atom. The van der Waals surface area contributed by atoms with Crippen molar-refractivity contribution in [1.29, 1.82) is 0 Å². The summed E-state index contributed by atoms with van der Waals surface area (Å²) in [5, 5.41) is 1.44. The monoisotopic (exact) mass is 235 g/mol. The number of hydrogen-bond donors (Lipinski definition) is 0. The molecule has 0 saturated carbocycles. The molecule has 1 aromatic carbocycles. The van der Waals surface area contributed by atoms with Crippen LogP contribution >= 0.6 is 11.6 Å². The summed E-state index contributed by atoms with van der Waals surface area (Å²) in [6, 6.07) is 5.21. The molecule has 2 aromatic rings. The van der Waals surface area contributed by atoms with Crippen molar-refractivity contribution in [3.63, 3.8) is 0 Å². The minimum absolute atomic E-state index is 0.380. The molecule has 0 N–H and O–H groups in total. The van der Waals surface area contributed by atoms with Crippen LogP contribution in [0, 0.1) is 6.92 Å². The van der Waals surface area contributed by atoms with Crippen molar-refractivity contribution >= 4 is 28.8 Å². The minimum atomic E-state index is 0.380. The van der Waals surface area contributed by atoms with Gasteiger partial charge in [-0.15, -0.1) is 0 Å². The van der Waals surface area contributed by atoms with Gasteiger partial charge >= 0.3 is 0 Å². The van der Waals surface area contributed by atoms with E-state index in [9.17, 15) is 4.79 Å². The van der Waals surface area contributed by atoms with Crippen LogP contribution in [0.2, 0.25) is 5.02 Å². The molecule has 1 heterocycles. The highest BCUT2D eigenvalue weighted by atomic mass is 35.5. The molecule has 0 amide bonds. The van der Waals surface area contributed by atoms with Gasteiger partial charge in [-0.25, -0.2) is 4.98 Å². The lowest BCUT2D eigenvalue weighted by molar-refractivity contribution is 0.111. The van der Waals surface area contributed by atoms with Crippen LogP contribution in [0.5, 0.6) is 5.75 Å². The molecule has 2 rings (SSSR count). The Labute approximate surface area is 98.0 Å². The van der Waals surface area contributed by atoms with Gasteiger partial charge in [0.2, 0.25) is 0 Å². The van der Waals surface area contributed by atoms with E-state index in [0.717, 1.165) is 10.9 Å². The summed E-state index contributed by atoms with van der Waals surface area (Å²) in [6.45, 7) is 1.89. The van der Waals surface area contributed by atoms with Crippen molar-refractivity contribution in [2.24, 2.45) is 0 Å². The number of nitrogens with zero attached hydrogens (tertiary/aromatic N) is 1. The number of carbonyl (C=O) groups excluding carboxylic acids is 1. The van der Waals surface area contributed by atoms with Gasteiger partial charge in [0, 0.05) is 5.39 Å². The predicted molar refractivity (Wildman–Crippen MR) is 63.4 cm³/mol. The minimum Gasteiger partial charge on any atom is -0.494 e. The summed E-state index contributed by atoms with van der Waals surface area (Å²) in [7, 11) is 1.56. The molecule has 0 aliphatic rings. The van der Waals surface area contributed by atoms with E-state index in [1.54, 1.807) is 25.3 Å². The summed E-state index contributed by atoms with van der Waals surface area (Å²) in [5.74, 6) is 0.617. The summed E-state index contributed by atoms with van der Waals surface area (Å²) in [4.78, 5) is 15.0. The third-order valence-corrected chi connectivity index (χ3v) is 2.75. The third-order valence-electron chi connectivity index (χ3n) is 2.43. The molecule has 0 atom stereocenters. The maximum absolute atomic E-state index is 10.8. The number of carbonyl (C=O) groups is 1. The van der Waals surface area contributed by atoms with Gasteiger partial charge in [0.05, 0.1) is 12.1 Å². The number of ether oxygens (including phenoxy) is 1.